The maximum Gasteiger partial charge on any atom is 0.410 e. The molecule has 3 amide bonds. The molecule has 4 aliphatic rings. The highest BCUT2D eigenvalue weighted by Gasteiger charge is 2.33. The Kier molecular flexibility index (Phi) is 11.1. The Morgan fingerprint density at radius 3 is 1.53 bits per heavy atom. The molecule has 0 radical (unpaired) electrons. The van der Waals surface area contributed by atoms with Gasteiger partial charge in [0.1, 0.15) is 17.2 Å². The van der Waals surface area contributed by atoms with E-state index in [1.54, 1.807) is 26.8 Å². The number of rotatable bonds is 6. The van der Waals surface area contributed by atoms with Gasteiger partial charge in [-0.3, -0.25) is 9.59 Å². The summed E-state index contributed by atoms with van der Waals surface area (Å²) in [5, 5.41) is 3.35. The molecule has 4 aromatic rings. The Hall–Kier alpha value is -5.49. The highest BCUT2D eigenvalue weighted by Crippen LogP contribution is 2.39. The van der Waals surface area contributed by atoms with Crippen LogP contribution in [-0.4, -0.2) is 80.8 Å². The number of carbonyl (C=O) groups excluding carboxylic acids is 3. The number of nitrogens with zero attached hydrogens (tertiary/aromatic N) is 5. The van der Waals surface area contributed by atoms with Gasteiger partial charge < -0.3 is 34.6 Å². The number of carbonyl (C=O) groups is 3. The number of halogens is 2. The zero-order valence-corrected chi connectivity index (χ0v) is 31.7. The number of benzene rings is 4. The monoisotopic (exact) mass is 750 g/mol. The Labute approximate surface area is 321 Å². The molecule has 0 saturated carbocycles. The Morgan fingerprint density at radius 2 is 1.07 bits per heavy atom. The second-order valence-electron chi connectivity index (χ2n) is 15.3. The molecule has 2 saturated heterocycles. The third-order valence-electron chi connectivity index (χ3n) is 10.3. The first kappa shape index (κ1) is 37.8. The standard InChI is InChI=1S/C24H28FN3O3.C19H20FN3O/c1-24(2,3)31-23(30)27-12-10-26(11-13-27)20-8-5-9-21-19(20)15-22(29)28(21)16-17-6-4-7-18(25)14-17;20-15-4-1-3-14(11-15)13-23-18-6-2-5-17(16(18)12-19(23)24)22-9-7-21-8-10-22/h4-9,14H,10-13,15-16H2,1-3H3;1-6,11,21H,7-10,12-13H2. The predicted octanol–water partition coefficient (Wildman–Crippen LogP) is 6.30. The first-order valence-electron chi connectivity index (χ1n) is 19.0. The quantitative estimate of drug-likeness (QED) is 0.248. The zero-order valence-electron chi connectivity index (χ0n) is 31.7. The van der Waals surface area contributed by atoms with E-state index >= 15 is 0 Å². The lowest BCUT2D eigenvalue weighted by Crippen LogP contribution is -2.50. The van der Waals surface area contributed by atoms with Crippen molar-refractivity contribution < 1.29 is 27.9 Å². The molecule has 4 aromatic carbocycles. The molecule has 12 heteroatoms. The van der Waals surface area contributed by atoms with Crippen molar-refractivity contribution in [2.24, 2.45) is 0 Å². The van der Waals surface area contributed by atoms with Gasteiger partial charge >= 0.3 is 6.09 Å². The molecule has 0 bridgehead atoms. The first-order valence-corrected chi connectivity index (χ1v) is 19.0. The fourth-order valence-electron chi connectivity index (χ4n) is 7.69. The highest BCUT2D eigenvalue weighted by molar-refractivity contribution is 6.04. The van der Waals surface area contributed by atoms with E-state index in [9.17, 15) is 23.2 Å². The van der Waals surface area contributed by atoms with Crippen LogP contribution in [0.2, 0.25) is 0 Å². The van der Waals surface area contributed by atoms with Crippen molar-refractivity contribution >= 4 is 40.7 Å². The molecule has 1 N–H and O–H groups in total. The van der Waals surface area contributed by atoms with Gasteiger partial charge in [0.15, 0.2) is 0 Å². The number of amides is 3. The van der Waals surface area contributed by atoms with Crippen LogP contribution >= 0.6 is 0 Å². The fourth-order valence-corrected chi connectivity index (χ4v) is 7.69. The molecule has 2 fully saturated rings. The van der Waals surface area contributed by atoms with Crippen LogP contribution in [0, 0.1) is 11.6 Å². The molecule has 4 aliphatic heterocycles. The van der Waals surface area contributed by atoms with Gasteiger partial charge in [-0.1, -0.05) is 36.4 Å². The van der Waals surface area contributed by atoms with Crippen LogP contribution in [0.5, 0.6) is 0 Å². The van der Waals surface area contributed by atoms with Crippen molar-refractivity contribution in [3.8, 4) is 0 Å². The van der Waals surface area contributed by atoms with Gasteiger partial charge in [0.2, 0.25) is 11.8 Å². The SMILES string of the molecule is CC(C)(C)OC(=O)N1CCN(c2cccc3c2CC(=O)N3Cc2cccc(F)c2)CC1.O=C1Cc2c(N3CCNCC3)cccc2N1Cc1cccc(F)c1. The Bertz CT molecular complexity index is 2060. The van der Waals surface area contributed by atoms with Crippen LogP contribution < -0.4 is 24.9 Å². The summed E-state index contributed by atoms with van der Waals surface area (Å²) in [4.78, 5) is 47.5. The van der Waals surface area contributed by atoms with Crippen molar-refractivity contribution in [3.05, 3.63) is 119 Å². The third-order valence-corrected chi connectivity index (χ3v) is 10.3. The lowest BCUT2D eigenvalue weighted by molar-refractivity contribution is -0.118. The number of nitrogens with one attached hydrogen (secondary N) is 1. The number of ether oxygens (including phenoxy) is 1. The molecule has 55 heavy (non-hydrogen) atoms. The van der Waals surface area contributed by atoms with Crippen LogP contribution in [0.3, 0.4) is 0 Å². The molecule has 0 aliphatic carbocycles. The van der Waals surface area contributed by atoms with Crippen molar-refractivity contribution in [1.82, 2.24) is 10.2 Å². The summed E-state index contributed by atoms with van der Waals surface area (Å²) in [6.45, 7) is 12.7. The minimum absolute atomic E-state index is 0.0131. The van der Waals surface area contributed by atoms with Crippen molar-refractivity contribution in [2.45, 2.75) is 52.3 Å². The smallest absolute Gasteiger partial charge is 0.410 e. The van der Waals surface area contributed by atoms with E-state index < -0.39 is 5.60 Å². The van der Waals surface area contributed by atoms with Gasteiger partial charge in [-0.25, -0.2) is 13.6 Å². The second-order valence-corrected chi connectivity index (χ2v) is 15.3. The maximum atomic E-state index is 13.6. The molecule has 0 unspecified atom stereocenters. The molecule has 0 aromatic heterocycles. The molecule has 4 heterocycles. The number of hydrogen-bond acceptors (Lipinski definition) is 7. The van der Waals surface area contributed by atoms with Gasteiger partial charge in [0.25, 0.3) is 0 Å². The molecule has 8 rings (SSSR count). The zero-order chi connectivity index (χ0) is 38.7. The number of piperazine rings is 2. The summed E-state index contributed by atoms with van der Waals surface area (Å²) >= 11 is 0. The predicted molar refractivity (Wildman–Crippen MR) is 211 cm³/mol. The summed E-state index contributed by atoms with van der Waals surface area (Å²) in [5.74, 6) is -0.481. The van der Waals surface area contributed by atoms with Crippen LogP contribution in [0.4, 0.5) is 36.3 Å². The Morgan fingerprint density at radius 1 is 0.636 bits per heavy atom. The first-order chi connectivity index (χ1) is 26.4. The van der Waals surface area contributed by atoms with E-state index in [0.29, 0.717) is 52.1 Å². The number of hydrogen-bond donors (Lipinski definition) is 1. The largest absolute Gasteiger partial charge is 0.444 e. The Balaban J connectivity index is 0.000000174. The number of fused-ring (bicyclic) bond motifs is 2. The third kappa shape index (κ3) is 8.75. The van der Waals surface area contributed by atoms with Crippen LogP contribution in [0.15, 0.2) is 84.9 Å². The maximum absolute atomic E-state index is 13.6. The van der Waals surface area contributed by atoms with E-state index in [2.05, 4.69) is 21.2 Å². The van der Waals surface area contributed by atoms with Crippen LogP contribution in [0.1, 0.15) is 43.0 Å². The van der Waals surface area contributed by atoms with Crippen LogP contribution in [0.25, 0.3) is 0 Å². The van der Waals surface area contributed by atoms with Crippen LogP contribution in [-0.2, 0) is 40.3 Å². The summed E-state index contributed by atoms with van der Waals surface area (Å²) in [6, 6.07) is 24.8. The summed E-state index contributed by atoms with van der Waals surface area (Å²) in [5.41, 5.74) is 7.17. The second kappa shape index (κ2) is 16.1. The molecular weight excluding hydrogens is 703 g/mol. The molecule has 10 nitrogen and oxygen atoms in total. The molecule has 0 spiro atoms. The fraction of sp³-hybridized carbons (Fsp3) is 0.372. The average Bonchev–Trinajstić information content (AvgIpc) is 3.66. The average molecular weight is 751 g/mol. The summed E-state index contributed by atoms with van der Waals surface area (Å²) in [6.07, 6.45) is 0.458. The lowest BCUT2D eigenvalue weighted by atomic mass is 10.1. The van der Waals surface area contributed by atoms with Gasteiger partial charge in [-0.2, -0.15) is 0 Å². The van der Waals surface area contributed by atoms with Gasteiger partial charge in [0.05, 0.1) is 25.9 Å². The lowest BCUT2D eigenvalue weighted by Gasteiger charge is -2.37. The van der Waals surface area contributed by atoms with Gasteiger partial charge in [0, 0.05) is 86.2 Å². The number of anilines is 4. The minimum Gasteiger partial charge on any atom is -0.444 e. The molecule has 0 atom stereocenters. The van der Waals surface area contributed by atoms with Crippen molar-refractivity contribution in [3.63, 3.8) is 0 Å². The van der Waals surface area contributed by atoms with E-state index in [-0.39, 0.29) is 29.5 Å². The van der Waals surface area contributed by atoms with Crippen molar-refractivity contribution in [2.75, 3.05) is 72.0 Å². The summed E-state index contributed by atoms with van der Waals surface area (Å²) in [7, 11) is 0. The van der Waals surface area contributed by atoms with Crippen molar-refractivity contribution in [1.29, 1.82) is 0 Å². The van der Waals surface area contributed by atoms with E-state index in [1.807, 2.05) is 63.2 Å². The van der Waals surface area contributed by atoms with Gasteiger partial charge in [-0.05, 0) is 80.4 Å². The molecule has 288 valence electrons. The van der Waals surface area contributed by atoms with E-state index in [1.165, 1.54) is 24.3 Å². The van der Waals surface area contributed by atoms with E-state index in [4.69, 9.17) is 4.74 Å². The topological polar surface area (TPSA) is 88.7 Å². The van der Waals surface area contributed by atoms with Gasteiger partial charge in [-0.15, -0.1) is 0 Å². The molecular formula is C43H48F2N6O4. The normalized spacial score (nSPS) is 16.9. The highest BCUT2D eigenvalue weighted by atomic mass is 19.1. The summed E-state index contributed by atoms with van der Waals surface area (Å²) < 4.78 is 32.5. The van der Waals surface area contributed by atoms with E-state index in [0.717, 1.165) is 71.2 Å². The minimum atomic E-state index is -0.514.